The van der Waals surface area contributed by atoms with E-state index in [1.807, 2.05) is 4.90 Å². The molecule has 126 valence electrons. The zero-order valence-electron chi connectivity index (χ0n) is 13.9. The van der Waals surface area contributed by atoms with Crippen molar-refractivity contribution in [3.8, 4) is 0 Å². The van der Waals surface area contributed by atoms with Crippen LogP contribution in [-0.4, -0.2) is 50.1 Å². The van der Waals surface area contributed by atoms with Crippen LogP contribution in [0.4, 0.5) is 0 Å². The predicted octanol–water partition coefficient (Wildman–Crippen LogP) is 2.10. The molecule has 0 spiro atoms. The third kappa shape index (κ3) is 4.97. The van der Waals surface area contributed by atoms with E-state index in [1.165, 1.54) is 12.8 Å². The van der Waals surface area contributed by atoms with Crippen LogP contribution in [0.25, 0.3) is 0 Å². The lowest BCUT2D eigenvalue weighted by Gasteiger charge is -2.28. The van der Waals surface area contributed by atoms with Gasteiger partial charge in [-0.2, -0.15) is 0 Å². The molecular weight excluding hydrogens is 280 g/mol. The Hall–Kier alpha value is -1.10. The third-order valence-electron chi connectivity index (χ3n) is 5.06. The van der Waals surface area contributed by atoms with Gasteiger partial charge in [0.2, 0.25) is 11.8 Å². The molecule has 0 atom stereocenters. The number of nitrogens with zero attached hydrogens (tertiary/aromatic N) is 1. The maximum atomic E-state index is 12.1. The molecule has 1 heterocycles. The number of nitrogens with one attached hydrogen (secondary N) is 1. The van der Waals surface area contributed by atoms with Gasteiger partial charge in [-0.05, 0) is 25.7 Å². The van der Waals surface area contributed by atoms with Gasteiger partial charge < -0.3 is 15.0 Å². The Balaban J connectivity index is 1.72. The molecular formula is C17H30N2O3. The summed E-state index contributed by atoms with van der Waals surface area (Å²) < 4.78 is 5.34. The molecule has 2 amide bonds. The third-order valence-corrected chi connectivity index (χ3v) is 5.06. The zero-order chi connectivity index (χ0) is 15.8. The summed E-state index contributed by atoms with van der Waals surface area (Å²) in [7, 11) is 1.73. The number of carbonyl (C=O) groups excluding carboxylic acids is 2. The molecule has 0 aromatic carbocycles. The van der Waals surface area contributed by atoms with Crippen molar-refractivity contribution in [3.63, 3.8) is 0 Å². The number of amides is 2. The second kappa shape index (κ2) is 8.51. The van der Waals surface area contributed by atoms with Crippen LogP contribution in [0.3, 0.4) is 0 Å². The van der Waals surface area contributed by atoms with Crippen LogP contribution < -0.4 is 5.32 Å². The molecule has 1 aliphatic heterocycles. The van der Waals surface area contributed by atoms with Gasteiger partial charge in [0.1, 0.15) is 0 Å². The second-order valence-corrected chi connectivity index (χ2v) is 6.86. The van der Waals surface area contributed by atoms with E-state index < -0.39 is 0 Å². The van der Waals surface area contributed by atoms with E-state index >= 15 is 0 Å². The van der Waals surface area contributed by atoms with Crippen molar-refractivity contribution in [2.45, 2.75) is 57.8 Å². The predicted molar refractivity (Wildman–Crippen MR) is 85.5 cm³/mol. The summed E-state index contributed by atoms with van der Waals surface area (Å²) >= 11 is 0. The first-order valence-corrected chi connectivity index (χ1v) is 8.69. The summed E-state index contributed by atoms with van der Waals surface area (Å²) in [5.41, 5.74) is 0.128. The van der Waals surface area contributed by atoms with E-state index in [-0.39, 0.29) is 17.2 Å². The first-order chi connectivity index (χ1) is 10.7. The summed E-state index contributed by atoms with van der Waals surface area (Å²) in [5.74, 6) is 0.261. The lowest BCUT2D eigenvalue weighted by molar-refractivity contribution is -0.131. The fourth-order valence-corrected chi connectivity index (χ4v) is 3.69. The highest BCUT2D eigenvalue weighted by Crippen LogP contribution is 2.37. The van der Waals surface area contributed by atoms with Crippen LogP contribution in [-0.2, 0) is 14.3 Å². The van der Waals surface area contributed by atoms with Crippen molar-refractivity contribution < 1.29 is 14.3 Å². The van der Waals surface area contributed by atoms with E-state index in [0.717, 1.165) is 45.3 Å². The Morgan fingerprint density at radius 1 is 1.23 bits per heavy atom. The number of carbonyl (C=O) groups is 2. The summed E-state index contributed by atoms with van der Waals surface area (Å²) in [5, 5.41) is 3.06. The van der Waals surface area contributed by atoms with Crippen molar-refractivity contribution in [2.24, 2.45) is 5.41 Å². The van der Waals surface area contributed by atoms with E-state index in [1.54, 1.807) is 7.11 Å². The molecule has 0 bridgehead atoms. The highest BCUT2D eigenvalue weighted by molar-refractivity contribution is 5.79. The van der Waals surface area contributed by atoms with Gasteiger partial charge in [0.15, 0.2) is 0 Å². The highest BCUT2D eigenvalue weighted by atomic mass is 16.5. The minimum absolute atomic E-state index is 0.0550. The lowest BCUT2D eigenvalue weighted by Crippen LogP contribution is -2.40. The molecule has 0 unspecified atom stereocenters. The van der Waals surface area contributed by atoms with Crippen LogP contribution >= 0.6 is 0 Å². The van der Waals surface area contributed by atoms with E-state index in [9.17, 15) is 9.59 Å². The molecule has 2 fully saturated rings. The standard InChI is InChI=1S/C17H30N2O3/c1-22-14-17(9-4-5-10-17)13-18-15(20)8-12-19-11-6-2-3-7-16(19)21/h2-14H2,1H3,(H,18,20). The van der Waals surface area contributed by atoms with Crippen molar-refractivity contribution in [3.05, 3.63) is 0 Å². The second-order valence-electron chi connectivity index (χ2n) is 6.86. The van der Waals surface area contributed by atoms with Crippen LogP contribution in [0, 0.1) is 5.41 Å². The average Bonchev–Trinajstić information content (AvgIpc) is 2.87. The Morgan fingerprint density at radius 2 is 2.00 bits per heavy atom. The SMILES string of the molecule is COCC1(CNC(=O)CCN2CCCCCC2=O)CCCC1. The topological polar surface area (TPSA) is 58.6 Å². The van der Waals surface area contributed by atoms with Gasteiger partial charge in [0, 0.05) is 45.0 Å². The molecule has 22 heavy (non-hydrogen) atoms. The molecule has 0 radical (unpaired) electrons. The van der Waals surface area contributed by atoms with Crippen molar-refractivity contribution >= 4 is 11.8 Å². The van der Waals surface area contributed by atoms with Gasteiger partial charge in [-0.15, -0.1) is 0 Å². The normalized spacial score (nSPS) is 21.7. The van der Waals surface area contributed by atoms with E-state index in [2.05, 4.69) is 5.32 Å². The van der Waals surface area contributed by atoms with Crippen LogP contribution in [0.5, 0.6) is 0 Å². The molecule has 1 saturated heterocycles. The quantitative estimate of drug-likeness (QED) is 0.783. The average molecular weight is 310 g/mol. The van der Waals surface area contributed by atoms with Gasteiger partial charge >= 0.3 is 0 Å². The van der Waals surface area contributed by atoms with Crippen molar-refractivity contribution in [2.75, 3.05) is 33.4 Å². The van der Waals surface area contributed by atoms with Crippen molar-refractivity contribution in [1.82, 2.24) is 10.2 Å². The fraction of sp³-hybridized carbons (Fsp3) is 0.882. The van der Waals surface area contributed by atoms with E-state index in [0.29, 0.717) is 25.9 Å². The first kappa shape index (κ1) is 17.3. The summed E-state index contributed by atoms with van der Waals surface area (Å²) in [6.45, 7) is 2.78. The number of methoxy groups -OCH3 is 1. The van der Waals surface area contributed by atoms with Gasteiger partial charge in [-0.25, -0.2) is 0 Å². The van der Waals surface area contributed by atoms with Gasteiger partial charge in [-0.3, -0.25) is 9.59 Å². The summed E-state index contributed by atoms with van der Waals surface area (Å²) in [6.07, 6.45) is 8.92. The minimum Gasteiger partial charge on any atom is -0.384 e. The molecule has 2 rings (SSSR count). The molecule has 1 aliphatic carbocycles. The summed E-state index contributed by atoms with van der Waals surface area (Å²) in [6, 6.07) is 0. The van der Waals surface area contributed by atoms with Gasteiger partial charge in [0.25, 0.3) is 0 Å². The van der Waals surface area contributed by atoms with Crippen LogP contribution in [0.2, 0.25) is 0 Å². The molecule has 1 N–H and O–H groups in total. The highest BCUT2D eigenvalue weighted by Gasteiger charge is 2.34. The van der Waals surface area contributed by atoms with Crippen molar-refractivity contribution in [1.29, 1.82) is 0 Å². The number of hydrogen-bond acceptors (Lipinski definition) is 3. The smallest absolute Gasteiger partial charge is 0.222 e. The maximum absolute atomic E-state index is 12.1. The molecule has 5 heteroatoms. The zero-order valence-corrected chi connectivity index (χ0v) is 13.9. The minimum atomic E-state index is 0.0550. The summed E-state index contributed by atoms with van der Waals surface area (Å²) in [4.78, 5) is 25.9. The monoisotopic (exact) mass is 310 g/mol. The molecule has 5 nitrogen and oxygen atoms in total. The van der Waals surface area contributed by atoms with Gasteiger partial charge in [0.05, 0.1) is 6.61 Å². The van der Waals surface area contributed by atoms with Crippen LogP contribution in [0.15, 0.2) is 0 Å². The Morgan fingerprint density at radius 3 is 2.73 bits per heavy atom. The fourth-order valence-electron chi connectivity index (χ4n) is 3.69. The Labute approximate surface area is 133 Å². The number of ether oxygens (including phenoxy) is 1. The number of hydrogen-bond donors (Lipinski definition) is 1. The molecule has 0 aromatic rings. The molecule has 1 saturated carbocycles. The molecule has 0 aromatic heterocycles. The molecule has 2 aliphatic rings. The van der Waals surface area contributed by atoms with Gasteiger partial charge in [-0.1, -0.05) is 19.3 Å². The largest absolute Gasteiger partial charge is 0.384 e. The number of likely N-dealkylation sites (tertiary alicyclic amines) is 1. The van der Waals surface area contributed by atoms with E-state index in [4.69, 9.17) is 4.74 Å². The Kier molecular flexibility index (Phi) is 6.68. The van der Waals surface area contributed by atoms with Crippen LogP contribution in [0.1, 0.15) is 57.8 Å². The Bertz CT molecular complexity index is 378. The lowest BCUT2D eigenvalue weighted by atomic mass is 9.87. The maximum Gasteiger partial charge on any atom is 0.222 e. The first-order valence-electron chi connectivity index (χ1n) is 8.69. The number of rotatable bonds is 7.